The first kappa shape index (κ1) is 16.7. The van der Waals surface area contributed by atoms with Gasteiger partial charge in [0.25, 0.3) is 5.91 Å². The highest BCUT2D eigenvalue weighted by molar-refractivity contribution is 5.93. The van der Waals surface area contributed by atoms with Gasteiger partial charge in [-0.05, 0) is 36.2 Å². The zero-order valence-electron chi connectivity index (χ0n) is 13.9. The van der Waals surface area contributed by atoms with E-state index in [1.807, 2.05) is 24.3 Å². The van der Waals surface area contributed by atoms with Crippen molar-refractivity contribution in [3.05, 3.63) is 36.0 Å². The van der Waals surface area contributed by atoms with Gasteiger partial charge in [-0.2, -0.15) is 0 Å². The van der Waals surface area contributed by atoms with Gasteiger partial charge in [0.15, 0.2) is 0 Å². The van der Waals surface area contributed by atoms with E-state index in [1.54, 1.807) is 20.2 Å². The molecule has 0 aliphatic carbocycles. The Morgan fingerprint density at radius 3 is 2.43 bits per heavy atom. The summed E-state index contributed by atoms with van der Waals surface area (Å²) in [7, 11) is 3.34. The molecule has 2 N–H and O–H groups in total. The maximum Gasteiger partial charge on any atom is 0.272 e. The SMILES string of the molecule is CC(C)COc1ccc(-c2cc(C(=O)N(C)C)nc(N)n2)cc1. The van der Waals surface area contributed by atoms with Crippen LogP contribution in [-0.2, 0) is 0 Å². The van der Waals surface area contributed by atoms with Crippen molar-refractivity contribution >= 4 is 11.9 Å². The molecule has 1 aromatic carbocycles. The minimum Gasteiger partial charge on any atom is -0.493 e. The Hall–Kier alpha value is -2.63. The van der Waals surface area contributed by atoms with Gasteiger partial charge in [-0.15, -0.1) is 0 Å². The average Bonchev–Trinajstić information content (AvgIpc) is 2.52. The van der Waals surface area contributed by atoms with Crippen molar-refractivity contribution in [3.63, 3.8) is 0 Å². The minimum atomic E-state index is -0.211. The summed E-state index contributed by atoms with van der Waals surface area (Å²) >= 11 is 0. The van der Waals surface area contributed by atoms with E-state index in [9.17, 15) is 4.79 Å². The van der Waals surface area contributed by atoms with Crippen molar-refractivity contribution in [2.24, 2.45) is 5.92 Å². The van der Waals surface area contributed by atoms with Gasteiger partial charge in [-0.1, -0.05) is 13.8 Å². The lowest BCUT2D eigenvalue weighted by Crippen LogP contribution is -2.23. The largest absolute Gasteiger partial charge is 0.493 e. The lowest BCUT2D eigenvalue weighted by Gasteiger charge is -2.11. The number of amides is 1. The highest BCUT2D eigenvalue weighted by atomic mass is 16.5. The van der Waals surface area contributed by atoms with Crippen molar-refractivity contribution in [1.29, 1.82) is 0 Å². The van der Waals surface area contributed by atoms with Crippen LogP contribution in [0.1, 0.15) is 24.3 Å². The van der Waals surface area contributed by atoms with E-state index in [0.29, 0.717) is 18.2 Å². The number of carbonyl (C=O) groups is 1. The molecule has 2 rings (SSSR count). The van der Waals surface area contributed by atoms with E-state index in [0.717, 1.165) is 11.3 Å². The van der Waals surface area contributed by atoms with Crippen LogP contribution in [-0.4, -0.2) is 41.5 Å². The first-order valence-corrected chi connectivity index (χ1v) is 7.46. The molecule has 0 unspecified atom stereocenters. The van der Waals surface area contributed by atoms with Crippen molar-refractivity contribution in [1.82, 2.24) is 14.9 Å². The number of carbonyl (C=O) groups excluding carboxylic acids is 1. The summed E-state index contributed by atoms with van der Waals surface area (Å²) in [4.78, 5) is 21.7. The summed E-state index contributed by atoms with van der Waals surface area (Å²) < 4.78 is 5.66. The van der Waals surface area contributed by atoms with E-state index >= 15 is 0 Å². The van der Waals surface area contributed by atoms with E-state index in [1.165, 1.54) is 4.90 Å². The molecule has 23 heavy (non-hydrogen) atoms. The molecule has 6 nitrogen and oxygen atoms in total. The fourth-order valence-electron chi connectivity index (χ4n) is 1.94. The first-order chi connectivity index (χ1) is 10.9. The number of nitrogens with two attached hydrogens (primary N) is 1. The quantitative estimate of drug-likeness (QED) is 0.917. The molecule has 1 heterocycles. The standard InChI is InChI=1S/C17H22N4O2/c1-11(2)10-23-13-7-5-12(6-8-13)14-9-15(16(22)21(3)4)20-17(18)19-14/h5-9,11H,10H2,1-4H3,(H2,18,19,20). The van der Waals surface area contributed by atoms with E-state index in [2.05, 4.69) is 23.8 Å². The van der Waals surface area contributed by atoms with Crippen LogP contribution < -0.4 is 10.5 Å². The van der Waals surface area contributed by atoms with Crippen molar-refractivity contribution in [2.45, 2.75) is 13.8 Å². The molecule has 0 bridgehead atoms. The molecule has 0 aliphatic rings. The number of nitrogens with zero attached hydrogens (tertiary/aromatic N) is 3. The van der Waals surface area contributed by atoms with E-state index in [-0.39, 0.29) is 17.5 Å². The Labute approximate surface area is 136 Å². The fourth-order valence-corrected chi connectivity index (χ4v) is 1.94. The van der Waals surface area contributed by atoms with E-state index < -0.39 is 0 Å². The van der Waals surface area contributed by atoms with Crippen LogP contribution in [0.4, 0.5) is 5.95 Å². The van der Waals surface area contributed by atoms with Gasteiger partial charge in [0, 0.05) is 19.7 Å². The lowest BCUT2D eigenvalue weighted by atomic mass is 10.1. The number of benzene rings is 1. The summed E-state index contributed by atoms with van der Waals surface area (Å²) in [6.45, 7) is 4.87. The number of aromatic nitrogens is 2. The molecule has 1 aromatic heterocycles. The zero-order valence-corrected chi connectivity index (χ0v) is 13.9. The molecule has 122 valence electrons. The normalized spacial score (nSPS) is 10.7. The van der Waals surface area contributed by atoms with Crippen LogP contribution in [0.3, 0.4) is 0 Å². The first-order valence-electron chi connectivity index (χ1n) is 7.46. The van der Waals surface area contributed by atoms with Gasteiger partial charge < -0.3 is 15.4 Å². The van der Waals surface area contributed by atoms with Crippen molar-refractivity contribution in [3.8, 4) is 17.0 Å². The Balaban J connectivity index is 2.26. The monoisotopic (exact) mass is 314 g/mol. The summed E-state index contributed by atoms with van der Waals surface area (Å²) in [5.41, 5.74) is 7.46. The van der Waals surface area contributed by atoms with Gasteiger partial charge in [-0.25, -0.2) is 9.97 Å². The summed E-state index contributed by atoms with van der Waals surface area (Å²) in [5, 5.41) is 0. The van der Waals surface area contributed by atoms with Crippen molar-refractivity contribution < 1.29 is 9.53 Å². The third-order valence-electron chi connectivity index (χ3n) is 3.10. The molecule has 0 saturated heterocycles. The summed E-state index contributed by atoms with van der Waals surface area (Å²) in [6.07, 6.45) is 0. The summed E-state index contributed by atoms with van der Waals surface area (Å²) in [5.74, 6) is 1.13. The van der Waals surface area contributed by atoms with Crippen molar-refractivity contribution in [2.75, 3.05) is 26.4 Å². The van der Waals surface area contributed by atoms with Crippen LogP contribution in [0.5, 0.6) is 5.75 Å². The molecule has 0 saturated carbocycles. The number of rotatable bonds is 5. The number of ether oxygens (including phenoxy) is 1. The predicted molar refractivity (Wildman–Crippen MR) is 90.2 cm³/mol. The summed E-state index contributed by atoms with van der Waals surface area (Å²) in [6, 6.07) is 9.18. The van der Waals surface area contributed by atoms with Gasteiger partial charge in [-0.3, -0.25) is 4.79 Å². The molecular weight excluding hydrogens is 292 g/mol. The molecule has 0 radical (unpaired) electrons. The van der Waals surface area contributed by atoms with Gasteiger partial charge in [0.1, 0.15) is 11.4 Å². The molecule has 0 fully saturated rings. The molecule has 0 aliphatic heterocycles. The van der Waals surface area contributed by atoms with Crippen LogP contribution in [0, 0.1) is 5.92 Å². The van der Waals surface area contributed by atoms with Crippen LogP contribution in [0.15, 0.2) is 30.3 Å². The predicted octanol–water partition coefficient (Wildman–Crippen LogP) is 2.46. The maximum absolute atomic E-state index is 12.0. The second-order valence-electron chi connectivity index (χ2n) is 5.93. The Bertz CT molecular complexity index is 681. The smallest absolute Gasteiger partial charge is 0.272 e. The minimum absolute atomic E-state index is 0.0767. The Kier molecular flexibility index (Phi) is 5.16. The van der Waals surface area contributed by atoms with Crippen LogP contribution in [0.25, 0.3) is 11.3 Å². The highest BCUT2D eigenvalue weighted by Gasteiger charge is 2.13. The second-order valence-corrected chi connectivity index (χ2v) is 5.93. The lowest BCUT2D eigenvalue weighted by molar-refractivity contribution is 0.0822. The van der Waals surface area contributed by atoms with Gasteiger partial charge >= 0.3 is 0 Å². The Morgan fingerprint density at radius 1 is 1.22 bits per heavy atom. The van der Waals surface area contributed by atoms with Gasteiger partial charge in [0.05, 0.1) is 12.3 Å². The number of nitrogen functional groups attached to an aromatic ring is 1. The molecule has 1 amide bonds. The molecule has 0 spiro atoms. The molecule has 6 heteroatoms. The van der Waals surface area contributed by atoms with E-state index in [4.69, 9.17) is 10.5 Å². The Morgan fingerprint density at radius 2 is 1.87 bits per heavy atom. The second kappa shape index (κ2) is 7.09. The fraction of sp³-hybridized carbons (Fsp3) is 0.353. The third-order valence-corrected chi connectivity index (χ3v) is 3.10. The molecule has 0 atom stereocenters. The number of hydrogen-bond acceptors (Lipinski definition) is 5. The molecular formula is C17H22N4O2. The van der Waals surface area contributed by atoms with Crippen LogP contribution >= 0.6 is 0 Å². The topological polar surface area (TPSA) is 81.3 Å². The average molecular weight is 314 g/mol. The highest BCUT2D eigenvalue weighted by Crippen LogP contribution is 2.22. The number of anilines is 1. The van der Waals surface area contributed by atoms with Crippen LogP contribution in [0.2, 0.25) is 0 Å². The zero-order chi connectivity index (χ0) is 17.0. The molecule has 2 aromatic rings. The maximum atomic E-state index is 12.0. The third kappa shape index (κ3) is 4.42. The number of hydrogen-bond donors (Lipinski definition) is 1. The van der Waals surface area contributed by atoms with Gasteiger partial charge in [0.2, 0.25) is 5.95 Å².